The molecular formula is C26H33Cl2N5O4S3. The molecule has 2 amide bonds. The maximum absolute atomic E-state index is 13.7. The molecule has 1 fully saturated rings. The van der Waals surface area contributed by atoms with E-state index in [9.17, 15) is 18.0 Å². The second-order valence-electron chi connectivity index (χ2n) is 10.5. The van der Waals surface area contributed by atoms with E-state index in [1.165, 1.54) is 31.9 Å². The first-order valence-corrected chi connectivity index (χ1v) is 16.2. The number of halogens is 2. The minimum atomic E-state index is -3.83. The molecule has 1 aliphatic carbocycles. The molecule has 0 spiro atoms. The first kappa shape index (κ1) is 31.1. The number of rotatable bonds is 6. The molecule has 0 bridgehead atoms. The Morgan fingerprint density at radius 2 is 1.88 bits per heavy atom. The summed E-state index contributed by atoms with van der Waals surface area (Å²) in [5, 5.41) is 1.77. The van der Waals surface area contributed by atoms with Gasteiger partial charge in [-0.2, -0.15) is 4.31 Å². The molecule has 2 aliphatic rings. The summed E-state index contributed by atoms with van der Waals surface area (Å²) in [6, 6.07) is 6.77. The molecule has 5 rings (SSSR count). The molecule has 9 nitrogen and oxygen atoms in total. The van der Waals surface area contributed by atoms with Crippen LogP contribution in [0.15, 0.2) is 28.5 Å². The highest BCUT2D eigenvalue weighted by atomic mass is 35.5. The zero-order valence-corrected chi connectivity index (χ0v) is 26.8. The van der Waals surface area contributed by atoms with Crippen molar-refractivity contribution in [3.05, 3.63) is 44.9 Å². The molecule has 3 aromatic rings. The van der Waals surface area contributed by atoms with Gasteiger partial charge < -0.3 is 14.7 Å². The normalized spacial score (nSPS) is 19.9. The van der Waals surface area contributed by atoms with Crippen LogP contribution in [0, 0.1) is 0 Å². The summed E-state index contributed by atoms with van der Waals surface area (Å²) in [4.78, 5) is 37.6. The number of piperazine rings is 1. The van der Waals surface area contributed by atoms with Gasteiger partial charge in [0.2, 0.25) is 5.91 Å². The van der Waals surface area contributed by atoms with Crippen molar-refractivity contribution in [2.24, 2.45) is 0 Å². The summed E-state index contributed by atoms with van der Waals surface area (Å²) in [5.74, 6) is -0.401. The van der Waals surface area contributed by atoms with Gasteiger partial charge in [0.1, 0.15) is 4.21 Å². The summed E-state index contributed by atoms with van der Waals surface area (Å²) < 4.78 is 29.7. The average molecular weight is 647 g/mol. The monoisotopic (exact) mass is 645 g/mol. The number of hydrogen-bond donors (Lipinski definition) is 0. The van der Waals surface area contributed by atoms with E-state index in [2.05, 4.69) is 24.0 Å². The lowest BCUT2D eigenvalue weighted by atomic mass is 9.97. The van der Waals surface area contributed by atoms with Gasteiger partial charge >= 0.3 is 0 Å². The number of amides is 2. The van der Waals surface area contributed by atoms with E-state index in [1.54, 1.807) is 43.3 Å². The summed E-state index contributed by atoms with van der Waals surface area (Å²) in [5.41, 5.74) is 0.980. The third-order valence-corrected chi connectivity index (χ3v) is 12.3. The molecule has 3 heterocycles. The van der Waals surface area contributed by atoms with E-state index in [-0.39, 0.29) is 54.5 Å². The fourth-order valence-electron chi connectivity index (χ4n) is 5.12. The third-order valence-electron chi connectivity index (χ3n) is 7.50. The number of likely N-dealkylation sites (N-methyl/N-ethyl adjacent to an activating group) is 1. The van der Waals surface area contributed by atoms with Crippen molar-refractivity contribution in [1.82, 2.24) is 24.0 Å². The molecule has 40 heavy (non-hydrogen) atoms. The van der Waals surface area contributed by atoms with Gasteiger partial charge in [0.05, 0.1) is 11.7 Å². The SMILES string of the molecule is CN(C)C(=O)CC1CN(S(=O)(=O)c2cc3ccc(Cl)cc3s2)CCN1C(=O)c1nc2c(s1)CC(N(C)C)CC2.Cl. The van der Waals surface area contributed by atoms with E-state index in [0.717, 1.165) is 39.9 Å². The van der Waals surface area contributed by atoms with Crippen LogP contribution in [0.25, 0.3) is 10.1 Å². The molecule has 2 atom stereocenters. The number of thiazole rings is 1. The van der Waals surface area contributed by atoms with E-state index in [4.69, 9.17) is 11.6 Å². The highest BCUT2D eigenvalue weighted by Crippen LogP contribution is 2.34. The van der Waals surface area contributed by atoms with Crippen molar-refractivity contribution in [2.45, 2.75) is 42.0 Å². The minimum Gasteiger partial charge on any atom is -0.349 e. The van der Waals surface area contributed by atoms with Crippen LogP contribution in [0.2, 0.25) is 5.02 Å². The smallest absolute Gasteiger partial charge is 0.283 e. The first-order chi connectivity index (χ1) is 18.4. The van der Waals surface area contributed by atoms with Crippen LogP contribution in [0.4, 0.5) is 0 Å². The number of aryl methyl sites for hydroxylation is 1. The average Bonchev–Trinajstić information content (AvgIpc) is 3.52. The second kappa shape index (κ2) is 12.2. The van der Waals surface area contributed by atoms with Crippen LogP contribution >= 0.6 is 46.7 Å². The summed E-state index contributed by atoms with van der Waals surface area (Å²) in [6.45, 7) is 0.366. The van der Waals surface area contributed by atoms with E-state index in [1.807, 2.05) is 0 Å². The number of carbonyl (C=O) groups excluding carboxylic acids is 2. The fraction of sp³-hybridized carbons (Fsp3) is 0.500. The summed E-state index contributed by atoms with van der Waals surface area (Å²) >= 11 is 8.70. The number of fused-ring (bicyclic) bond motifs is 2. The first-order valence-electron chi connectivity index (χ1n) is 12.8. The van der Waals surface area contributed by atoms with Crippen molar-refractivity contribution in [3.63, 3.8) is 0 Å². The van der Waals surface area contributed by atoms with Crippen LogP contribution in [0.3, 0.4) is 0 Å². The Labute approximate surface area is 254 Å². The van der Waals surface area contributed by atoms with Crippen molar-refractivity contribution in [2.75, 3.05) is 47.8 Å². The van der Waals surface area contributed by atoms with Gasteiger partial charge in [-0.05, 0) is 56.9 Å². The van der Waals surface area contributed by atoms with Gasteiger partial charge in [-0.1, -0.05) is 17.7 Å². The molecule has 1 aromatic carbocycles. The molecule has 2 unspecified atom stereocenters. The van der Waals surface area contributed by atoms with E-state index >= 15 is 0 Å². The number of sulfonamides is 1. The Hall–Kier alpha value is -1.80. The molecule has 2 aromatic heterocycles. The number of aromatic nitrogens is 1. The van der Waals surface area contributed by atoms with Gasteiger partial charge in [0.25, 0.3) is 15.9 Å². The Balaban J connectivity index is 0.00000370. The number of benzene rings is 1. The van der Waals surface area contributed by atoms with Crippen molar-refractivity contribution >= 4 is 78.6 Å². The molecule has 1 saturated heterocycles. The van der Waals surface area contributed by atoms with Crippen LogP contribution in [0.5, 0.6) is 0 Å². The molecule has 0 saturated carbocycles. The maximum atomic E-state index is 13.7. The molecule has 1 aliphatic heterocycles. The Kier molecular flexibility index (Phi) is 9.50. The quantitative estimate of drug-likeness (QED) is 0.404. The molecule has 218 valence electrons. The second-order valence-corrected chi connectivity index (χ2v) is 15.3. The highest BCUT2D eigenvalue weighted by molar-refractivity contribution is 7.91. The van der Waals surface area contributed by atoms with Crippen LogP contribution < -0.4 is 0 Å². The summed E-state index contributed by atoms with van der Waals surface area (Å²) in [6.07, 6.45) is 2.72. The molecule has 0 radical (unpaired) electrons. The topological polar surface area (TPSA) is 94.1 Å². The van der Waals surface area contributed by atoms with Crippen molar-refractivity contribution in [3.8, 4) is 0 Å². The number of carbonyl (C=O) groups is 2. The Morgan fingerprint density at radius 3 is 2.58 bits per heavy atom. The van der Waals surface area contributed by atoms with Gasteiger partial charge in [0, 0.05) is 60.8 Å². The zero-order valence-electron chi connectivity index (χ0n) is 22.8. The molecule has 0 N–H and O–H groups in total. The Bertz CT molecular complexity index is 1520. The van der Waals surface area contributed by atoms with Gasteiger partial charge in [-0.3, -0.25) is 9.59 Å². The van der Waals surface area contributed by atoms with Crippen LogP contribution in [0.1, 0.15) is 33.2 Å². The molecular weight excluding hydrogens is 613 g/mol. The number of hydrogen-bond acceptors (Lipinski definition) is 8. The Morgan fingerprint density at radius 1 is 1.12 bits per heavy atom. The van der Waals surface area contributed by atoms with Gasteiger partial charge in [0.15, 0.2) is 5.01 Å². The summed E-state index contributed by atoms with van der Waals surface area (Å²) in [7, 11) is 3.62. The lowest BCUT2D eigenvalue weighted by Crippen LogP contribution is -2.57. The minimum absolute atomic E-state index is 0. The van der Waals surface area contributed by atoms with Crippen LogP contribution in [-0.2, 0) is 27.7 Å². The lowest BCUT2D eigenvalue weighted by Gasteiger charge is -2.40. The van der Waals surface area contributed by atoms with E-state index in [0.29, 0.717) is 16.1 Å². The van der Waals surface area contributed by atoms with Crippen molar-refractivity contribution < 1.29 is 18.0 Å². The van der Waals surface area contributed by atoms with Gasteiger partial charge in [-0.15, -0.1) is 35.1 Å². The highest BCUT2D eigenvalue weighted by Gasteiger charge is 2.39. The maximum Gasteiger partial charge on any atom is 0.283 e. The predicted molar refractivity (Wildman–Crippen MR) is 163 cm³/mol. The van der Waals surface area contributed by atoms with Crippen molar-refractivity contribution in [1.29, 1.82) is 0 Å². The predicted octanol–water partition coefficient (Wildman–Crippen LogP) is 3.85. The standard InChI is InChI=1S/C26H32ClN5O4S3.ClH/c1-29(2)18-7-8-20-22(13-18)38-25(28-20)26(34)32-10-9-31(15-19(32)14-23(33)30(3)4)39(35,36)24-11-16-5-6-17(27)12-21(16)37-24;/h5-6,11-12,18-19H,7-10,13-15H2,1-4H3;1H. The lowest BCUT2D eigenvalue weighted by molar-refractivity contribution is -0.130. The fourth-order valence-corrected chi connectivity index (χ4v) is 9.55. The number of thiophene rings is 1. The van der Waals surface area contributed by atoms with Crippen LogP contribution in [-0.4, -0.2) is 104 Å². The van der Waals surface area contributed by atoms with Gasteiger partial charge in [-0.25, -0.2) is 13.4 Å². The third kappa shape index (κ3) is 6.18. The molecule has 14 heteroatoms. The number of nitrogens with zero attached hydrogens (tertiary/aromatic N) is 5. The van der Waals surface area contributed by atoms with E-state index < -0.39 is 16.1 Å². The zero-order chi connectivity index (χ0) is 28.1. The largest absolute Gasteiger partial charge is 0.349 e.